The number of rotatable bonds is 11. The van der Waals surface area contributed by atoms with Crippen molar-refractivity contribution in [2.45, 2.75) is 20.8 Å². The van der Waals surface area contributed by atoms with E-state index in [0.717, 1.165) is 6.08 Å². The summed E-state index contributed by atoms with van der Waals surface area (Å²) in [4.78, 5) is 47.0. The standard InChI is InChI=1S/C18H24O8Si/c1-8-15(19)26-27(9-23-16(20)12(2)3,10-24-17(21)13(4)5)11-25-18(22)14(6)7/h8H,1-2,4,6,9-11H2,3,5,7H3. The van der Waals surface area contributed by atoms with Crippen LogP contribution in [0.4, 0.5) is 0 Å². The van der Waals surface area contributed by atoms with Crippen molar-refractivity contribution in [3.63, 3.8) is 0 Å². The zero-order valence-corrected chi connectivity index (χ0v) is 16.8. The van der Waals surface area contributed by atoms with Gasteiger partial charge in [-0.25, -0.2) is 19.2 Å². The SMILES string of the molecule is C=CC(=O)O[Si](COC(=O)C(=C)C)(COC(=O)C(=C)C)COC(=O)C(=C)C. The van der Waals surface area contributed by atoms with Crippen LogP contribution < -0.4 is 0 Å². The summed E-state index contributed by atoms with van der Waals surface area (Å²) in [6.07, 6.45) is -0.384. The first kappa shape index (κ1) is 24.1. The van der Waals surface area contributed by atoms with Crippen LogP contribution in [-0.2, 0) is 37.8 Å². The molecule has 0 aromatic heterocycles. The third-order valence-electron chi connectivity index (χ3n) is 2.93. The van der Waals surface area contributed by atoms with Crippen LogP contribution in [0.1, 0.15) is 20.8 Å². The topological polar surface area (TPSA) is 105 Å². The van der Waals surface area contributed by atoms with E-state index in [1.54, 1.807) is 0 Å². The second kappa shape index (κ2) is 10.9. The molecule has 0 aliphatic heterocycles. The highest BCUT2D eigenvalue weighted by molar-refractivity contribution is 6.75. The van der Waals surface area contributed by atoms with Crippen LogP contribution in [0.15, 0.2) is 49.1 Å². The average Bonchev–Trinajstić information content (AvgIpc) is 2.61. The third-order valence-corrected chi connectivity index (χ3v) is 5.57. The molecule has 0 radical (unpaired) electrons. The van der Waals surface area contributed by atoms with E-state index in [1.807, 2.05) is 0 Å². The molecule has 0 saturated carbocycles. The number of carbonyl (C=O) groups excluding carboxylic acids is 4. The second-order valence-electron chi connectivity index (χ2n) is 5.88. The predicted octanol–water partition coefficient (Wildman–Crippen LogP) is 1.64. The van der Waals surface area contributed by atoms with E-state index in [-0.39, 0.29) is 16.7 Å². The lowest BCUT2D eigenvalue weighted by molar-refractivity contribution is -0.142. The summed E-state index contributed by atoms with van der Waals surface area (Å²) < 4.78 is 20.6. The number of carbonyl (C=O) groups is 4. The molecule has 0 fully saturated rings. The quantitative estimate of drug-likeness (QED) is 0.225. The van der Waals surface area contributed by atoms with Crippen molar-refractivity contribution in [3.8, 4) is 0 Å². The van der Waals surface area contributed by atoms with Gasteiger partial charge in [-0.15, -0.1) is 0 Å². The minimum Gasteiger partial charge on any atom is -0.506 e. The van der Waals surface area contributed by atoms with Gasteiger partial charge in [0.15, 0.2) is 0 Å². The van der Waals surface area contributed by atoms with E-state index in [1.165, 1.54) is 20.8 Å². The van der Waals surface area contributed by atoms with Crippen molar-refractivity contribution in [2.24, 2.45) is 0 Å². The van der Waals surface area contributed by atoms with Crippen LogP contribution in [0.25, 0.3) is 0 Å². The summed E-state index contributed by atoms with van der Waals surface area (Å²) in [5.41, 5.74) is 0.349. The van der Waals surface area contributed by atoms with Gasteiger partial charge in [-0.1, -0.05) is 26.3 Å². The Morgan fingerprint density at radius 1 is 0.741 bits per heavy atom. The second-order valence-corrected chi connectivity index (χ2v) is 9.31. The van der Waals surface area contributed by atoms with Gasteiger partial charge in [0.05, 0.1) is 0 Å². The Hall–Kier alpha value is -2.94. The largest absolute Gasteiger partial charge is 0.506 e. The molecule has 0 aliphatic carbocycles. The van der Waals surface area contributed by atoms with E-state index >= 15 is 0 Å². The molecule has 0 rings (SSSR count). The summed E-state index contributed by atoms with van der Waals surface area (Å²) >= 11 is 0. The Bertz CT molecular complexity index is 603. The number of ether oxygens (including phenoxy) is 3. The van der Waals surface area contributed by atoms with Crippen molar-refractivity contribution < 1.29 is 37.8 Å². The minimum absolute atomic E-state index is 0.116. The van der Waals surface area contributed by atoms with Gasteiger partial charge < -0.3 is 18.6 Å². The van der Waals surface area contributed by atoms with E-state index in [4.69, 9.17) is 18.6 Å². The van der Waals surface area contributed by atoms with Gasteiger partial charge in [-0.2, -0.15) is 0 Å². The highest BCUT2D eigenvalue weighted by Crippen LogP contribution is 2.13. The van der Waals surface area contributed by atoms with Crippen LogP contribution in [0.2, 0.25) is 0 Å². The summed E-state index contributed by atoms with van der Waals surface area (Å²) in [6.45, 7) is 18.0. The first-order valence-corrected chi connectivity index (χ1v) is 10.3. The fourth-order valence-electron chi connectivity index (χ4n) is 1.43. The highest BCUT2D eigenvalue weighted by atomic mass is 28.4. The summed E-state index contributed by atoms with van der Waals surface area (Å²) in [6, 6.07) is 0. The summed E-state index contributed by atoms with van der Waals surface area (Å²) in [5, 5.41) is 0. The molecule has 0 aromatic rings. The van der Waals surface area contributed by atoms with E-state index in [9.17, 15) is 19.2 Å². The lowest BCUT2D eigenvalue weighted by atomic mass is 10.4. The Balaban J connectivity index is 5.62. The predicted molar refractivity (Wildman–Crippen MR) is 99.4 cm³/mol. The molecule has 9 heteroatoms. The highest BCUT2D eigenvalue weighted by Gasteiger charge is 2.44. The molecular weight excluding hydrogens is 372 g/mol. The lowest BCUT2D eigenvalue weighted by Gasteiger charge is -2.29. The Kier molecular flexibility index (Phi) is 9.73. The summed E-state index contributed by atoms with van der Waals surface area (Å²) in [7, 11) is -3.58. The first-order valence-electron chi connectivity index (χ1n) is 7.77. The van der Waals surface area contributed by atoms with Crippen molar-refractivity contribution in [1.29, 1.82) is 0 Å². The average molecular weight is 396 g/mol. The molecular formula is C18H24O8Si. The molecule has 0 atom stereocenters. The number of esters is 3. The van der Waals surface area contributed by atoms with Gasteiger partial charge >= 0.3 is 32.2 Å². The van der Waals surface area contributed by atoms with Crippen LogP contribution >= 0.6 is 0 Å². The minimum atomic E-state index is -3.58. The zero-order valence-electron chi connectivity index (χ0n) is 15.8. The van der Waals surface area contributed by atoms with Gasteiger partial charge in [0.1, 0.15) is 18.7 Å². The molecule has 0 amide bonds. The van der Waals surface area contributed by atoms with Gasteiger partial charge in [0.25, 0.3) is 0 Å². The van der Waals surface area contributed by atoms with Gasteiger partial charge in [0, 0.05) is 22.8 Å². The molecule has 0 aliphatic rings. The molecule has 0 saturated heterocycles. The monoisotopic (exact) mass is 396 g/mol. The molecule has 0 spiro atoms. The summed E-state index contributed by atoms with van der Waals surface area (Å²) in [5.74, 6) is -3.05. The fraction of sp³-hybridized carbons (Fsp3) is 0.333. The van der Waals surface area contributed by atoms with Crippen LogP contribution in [0.3, 0.4) is 0 Å². The molecule has 148 valence electrons. The Morgan fingerprint density at radius 3 is 1.26 bits per heavy atom. The third kappa shape index (κ3) is 8.81. The van der Waals surface area contributed by atoms with Crippen molar-refractivity contribution >= 4 is 32.2 Å². The maximum absolute atomic E-state index is 11.8. The molecule has 0 N–H and O–H groups in total. The Morgan fingerprint density at radius 2 is 1.04 bits per heavy atom. The molecule has 27 heavy (non-hydrogen) atoms. The van der Waals surface area contributed by atoms with Crippen LogP contribution in [-0.4, -0.2) is 50.9 Å². The maximum atomic E-state index is 11.8. The smallest absolute Gasteiger partial charge is 0.365 e. The van der Waals surface area contributed by atoms with E-state index < -0.39 is 50.9 Å². The molecule has 8 nitrogen and oxygen atoms in total. The van der Waals surface area contributed by atoms with Crippen molar-refractivity contribution in [1.82, 2.24) is 0 Å². The van der Waals surface area contributed by atoms with Crippen molar-refractivity contribution in [3.05, 3.63) is 49.1 Å². The lowest BCUT2D eigenvalue weighted by Crippen LogP contribution is -2.56. The molecule has 0 unspecified atom stereocenters. The van der Waals surface area contributed by atoms with Gasteiger partial charge in [-0.05, 0) is 20.8 Å². The number of hydrogen-bond donors (Lipinski definition) is 0. The molecule has 0 aromatic carbocycles. The molecule has 0 heterocycles. The van der Waals surface area contributed by atoms with Gasteiger partial charge in [-0.3, -0.25) is 0 Å². The van der Waals surface area contributed by atoms with E-state index in [0.29, 0.717) is 0 Å². The zero-order chi connectivity index (χ0) is 21.2. The molecule has 0 bridgehead atoms. The van der Waals surface area contributed by atoms with Crippen LogP contribution in [0, 0.1) is 0 Å². The first-order chi connectivity index (χ1) is 12.4. The number of hydrogen-bond acceptors (Lipinski definition) is 8. The van der Waals surface area contributed by atoms with Crippen molar-refractivity contribution in [2.75, 3.05) is 18.7 Å². The van der Waals surface area contributed by atoms with E-state index in [2.05, 4.69) is 26.3 Å². The fourth-order valence-corrected chi connectivity index (χ4v) is 3.55. The normalized spacial score (nSPS) is 10.2. The maximum Gasteiger partial charge on any atom is 0.365 e. The Labute approximate surface area is 159 Å². The van der Waals surface area contributed by atoms with Crippen LogP contribution in [0.5, 0.6) is 0 Å². The van der Waals surface area contributed by atoms with Gasteiger partial charge in [0.2, 0.25) is 0 Å².